The van der Waals surface area contributed by atoms with Gasteiger partial charge in [0.05, 0.1) is 6.61 Å². The van der Waals surface area contributed by atoms with Gasteiger partial charge < -0.3 is 10.1 Å². The maximum absolute atomic E-state index is 5.48. The van der Waals surface area contributed by atoms with Gasteiger partial charge in [0.1, 0.15) is 5.75 Å². The van der Waals surface area contributed by atoms with Crippen molar-refractivity contribution in [2.45, 2.75) is 53.9 Å². The smallest absolute Gasteiger partial charge is 0.119 e. The zero-order valence-electron chi connectivity index (χ0n) is 14.5. The number of benzene rings is 1. The van der Waals surface area contributed by atoms with Crippen molar-refractivity contribution >= 4 is 0 Å². The van der Waals surface area contributed by atoms with Crippen LogP contribution in [0.3, 0.4) is 0 Å². The molecule has 2 nitrogen and oxygen atoms in total. The molecule has 0 unspecified atom stereocenters. The lowest BCUT2D eigenvalue weighted by atomic mass is 9.83. The van der Waals surface area contributed by atoms with E-state index in [1.54, 1.807) is 0 Å². The Bertz CT molecular complexity index is 381. The Morgan fingerprint density at radius 3 is 2.33 bits per heavy atom. The molecule has 0 radical (unpaired) electrons. The molecule has 0 aliphatic rings. The minimum absolute atomic E-state index is 0.391. The van der Waals surface area contributed by atoms with Gasteiger partial charge in [0.2, 0.25) is 0 Å². The van der Waals surface area contributed by atoms with Crippen LogP contribution in [-0.2, 0) is 6.42 Å². The van der Waals surface area contributed by atoms with Crippen molar-refractivity contribution in [1.29, 1.82) is 0 Å². The molecular weight excluding hydrogens is 258 g/mol. The summed E-state index contributed by atoms with van der Waals surface area (Å²) in [6.45, 7) is 14.2. The second-order valence-corrected chi connectivity index (χ2v) is 7.09. The lowest BCUT2D eigenvalue weighted by Gasteiger charge is -2.25. The van der Waals surface area contributed by atoms with Gasteiger partial charge in [0.25, 0.3) is 0 Å². The van der Waals surface area contributed by atoms with Gasteiger partial charge >= 0.3 is 0 Å². The first-order chi connectivity index (χ1) is 9.93. The molecule has 0 spiro atoms. The molecule has 120 valence electrons. The molecule has 1 aromatic rings. The second-order valence-electron chi connectivity index (χ2n) is 7.09. The maximum Gasteiger partial charge on any atom is 0.119 e. The summed E-state index contributed by atoms with van der Waals surface area (Å²) in [6, 6.07) is 8.54. The summed E-state index contributed by atoms with van der Waals surface area (Å²) in [5, 5.41) is 3.54. The number of nitrogens with one attached hydrogen (secondary N) is 1. The van der Waals surface area contributed by atoms with Gasteiger partial charge in [-0.05, 0) is 68.3 Å². The van der Waals surface area contributed by atoms with Crippen molar-refractivity contribution in [3.05, 3.63) is 29.8 Å². The van der Waals surface area contributed by atoms with Crippen LogP contribution in [0, 0.1) is 11.3 Å². The highest BCUT2D eigenvalue weighted by Crippen LogP contribution is 2.27. The first-order valence-corrected chi connectivity index (χ1v) is 8.35. The molecule has 1 N–H and O–H groups in total. The number of aryl methyl sites for hydroxylation is 1. The van der Waals surface area contributed by atoms with Crippen molar-refractivity contribution in [3.63, 3.8) is 0 Å². The predicted octanol–water partition coefficient (Wildman–Crippen LogP) is 4.68. The normalized spacial score (nSPS) is 11.9. The first kappa shape index (κ1) is 18.0. The Morgan fingerprint density at radius 2 is 1.76 bits per heavy atom. The van der Waals surface area contributed by atoms with Gasteiger partial charge in [-0.15, -0.1) is 0 Å². The molecule has 1 rings (SSSR count). The summed E-state index contributed by atoms with van der Waals surface area (Å²) in [7, 11) is 0. The minimum Gasteiger partial charge on any atom is -0.494 e. The second kappa shape index (κ2) is 9.09. The first-order valence-electron chi connectivity index (χ1n) is 8.35. The number of hydrogen-bond donors (Lipinski definition) is 1. The Morgan fingerprint density at radius 1 is 1.10 bits per heavy atom. The molecule has 0 bridgehead atoms. The van der Waals surface area contributed by atoms with Crippen LogP contribution in [0.5, 0.6) is 5.75 Å². The minimum atomic E-state index is 0.391. The van der Waals surface area contributed by atoms with Crippen LogP contribution >= 0.6 is 0 Å². The Kier molecular flexibility index (Phi) is 7.81. The van der Waals surface area contributed by atoms with E-state index in [1.165, 1.54) is 18.4 Å². The van der Waals surface area contributed by atoms with E-state index in [4.69, 9.17) is 4.74 Å². The highest BCUT2D eigenvalue weighted by atomic mass is 16.5. The third-order valence-electron chi connectivity index (χ3n) is 3.86. The molecule has 21 heavy (non-hydrogen) atoms. The number of rotatable bonds is 10. The fourth-order valence-electron chi connectivity index (χ4n) is 2.34. The van der Waals surface area contributed by atoms with E-state index >= 15 is 0 Å². The van der Waals surface area contributed by atoms with Gasteiger partial charge in [-0.2, -0.15) is 0 Å². The van der Waals surface area contributed by atoms with E-state index in [0.717, 1.165) is 37.8 Å². The molecule has 0 aliphatic heterocycles. The topological polar surface area (TPSA) is 21.3 Å². The third-order valence-corrected chi connectivity index (χ3v) is 3.86. The summed E-state index contributed by atoms with van der Waals surface area (Å²) < 4.78 is 5.48. The largest absolute Gasteiger partial charge is 0.494 e. The quantitative estimate of drug-likeness (QED) is 0.632. The molecule has 1 aromatic carbocycles. The van der Waals surface area contributed by atoms with Crippen LogP contribution in [0.2, 0.25) is 0 Å². The van der Waals surface area contributed by atoms with Crippen LogP contribution < -0.4 is 10.1 Å². The van der Waals surface area contributed by atoms with E-state index in [-0.39, 0.29) is 0 Å². The SMILES string of the molecule is CCOc1ccc(CCC(C)(C)CCNCC(C)C)cc1. The third kappa shape index (κ3) is 8.11. The van der Waals surface area contributed by atoms with Crippen LogP contribution in [0.15, 0.2) is 24.3 Å². The average Bonchev–Trinajstić information content (AvgIpc) is 2.43. The summed E-state index contributed by atoms with van der Waals surface area (Å²) in [4.78, 5) is 0. The van der Waals surface area contributed by atoms with Crippen molar-refractivity contribution in [2.75, 3.05) is 19.7 Å². The highest BCUT2D eigenvalue weighted by molar-refractivity contribution is 5.27. The van der Waals surface area contributed by atoms with Crippen LogP contribution in [0.1, 0.15) is 53.0 Å². The average molecular weight is 291 g/mol. The Hall–Kier alpha value is -1.02. The Balaban J connectivity index is 2.31. The number of hydrogen-bond acceptors (Lipinski definition) is 2. The Labute approximate surface area is 131 Å². The van der Waals surface area contributed by atoms with Gasteiger partial charge in [-0.25, -0.2) is 0 Å². The molecule has 0 saturated heterocycles. The monoisotopic (exact) mass is 291 g/mol. The van der Waals surface area contributed by atoms with E-state index in [0.29, 0.717) is 5.41 Å². The lowest BCUT2D eigenvalue weighted by molar-refractivity contribution is 0.300. The summed E-state index contributed by atoms with van der Waals surface area (Å²) in [5.74, 6) is 1.70. The van der Waals surface area contributed by atoms with E-state index in [1.807, 2.05) is 6.92 Å². The summed E-state index contributed by atoms with van der Waals surface area (Å²) in [6.07, 6.45) is 3.60. The van der Waals surface area contributed by atoms with E-state index < -0.39 is 0 Å². The van der Waals surface area contributed by atoms with Crippen molar-refractivity contribution < 1.29 is 4.74 Å². The van der Waals surface area contributed by atoms with Crippen molar-refractivity contribution in [3.8, 4) is 5.75 Å². The highest BCUT2D eigenvalue weighted by Gasteiger charge is 2.17. The van der Waals surface area contributed by atoms with Gasteiger partial charge in [-0.3, -0.25) is 0 Å². The van der Waals surface area contributed by atoms with E-state index in [2.05, 4.69) is 57.3 Å². The molecule has 0 aliphatic carbocycles. The number of ether oxygens (including phenoxy) is 1. The standard InChI is InChI=1S/C19H33NO/c1-6-21-18-9-7-17(8-10-18)11-12-19(4,5)13-14-20-15-16(2)3/h7-10,16,20H,6,11-15H2,1-5H3. The molecule has 0 atom stereocenters. The summed E-state index contributed by atoms with van der Waals surface area (Å²) in [5.41, 5.74) is 1.80. The summed E-state index contributed by atoms with van der Waals surface area (Å²) >= 11 is 0. The molecule has 0 saturated carbocycles. The zero-order chi connectivity index (χ0) is 15.7. The molecule has 0 amide bonds. The van der Waals surface area contributed by atoms with E-state index in [9.17, 15) is 0 Å². The van der Waals surface area contributed by atoms with Crippen LogP contribution in [0.4, 0.5) is 0 Å². The fourth-order valence-corrected chi connectivity index (χ4v) is 2.34. The van der Waals surface area contributed by atoms with Gasteiger partial charge in [0.15, 0.2) is 0 Å². The zero-order valence-corrected chi connectivity index (χ0v) is 14.5. The molecule has 0 fully saturated rings. The van der Waals surface area contributed by atoms with Gasteiger partial charge in [0, 0.05) is 0 Å². The van der Waals surface area contributed by atoms with Crippen molar-refractivity contribution in [2.24, 2.45) is 11.3 Å². The molecular formula is C19H33NO. The molecule has 2 heteroatoms. The maximum atomic E-state index is 5.48. The fraction of sp³-hybridized carbons (Fsp3) is 0.684. The lowest BCUT2D eigenvalue weighted by Crippen LogP contribution is -2.25. The molecule has 0 heterocycles. The van der Waals surface area contributed by atoms with Crippen molar-refractivity contribution in [1.82, 2.24) is 5.32 Å². The molecule has 0 aromatic heterocycles. The predicted molar refractivity (Wildman–Crippen MR) is 92.0 cm³/mol. The van der Waals surface area contributed by atoms with Gasteiger partial charge in [-0.1, -0.05) is 39.8 Å². The van der Waals surface area contributed by atoms with Crippen LogP contribution in [0.25, 0.3) is 0 Å². The van der Waals surface area contributed by atoms with Crippen LogP contribution in [-0.4, -0.2) is 19.7 Å².